The molecule has 5 nitrogen and oxygen atoms in total. The Morgan fingerprint density at radius 1 is 1.00 bits per heavy atom. The fourth-order valence-corrected chi connectivity index (χ4v) is 1.08. The molecule has 0 unspecified atom stereocenters. The Morgan fingerprint density at radius 2 is 1.45 bits per heavy atom. The van der Waals surface area contributed by atoms with Gasteiger partial charge in [-0.3, -0.25) is 0 Å². The zero-order valence-electron chi connectivity index (χ0n) is 12.0. The van der Waals surface area contributed by atoms with Gasteiger partial charge in [0.1, 0.15) is 11.3 Å². The molecule has 110 valence electrons. The number of esters is 2. The molecular formula is C15H20O5. The average Bonchev–Trinajstić information content (AvgIpc) is 2.48. The molecule has 0 radical (unpaired) electrons. The number of hydrogen-bond donors (Lipinski definition) is 0. The minimum absolute atomic E-state index is 0.220. The van der Waals surface area contributed by atoms with E-state index in [-0.39, 0.29) is 18.8 Å². The molecule has 0 bridgehead atoms. The largest absolute Gasteiger partial charge is 0.497 e. The monoisotopic (exact) mass is 280 g/mol. The number of carbonyl (C=O) groups excluding carboxylic acids is 2. The Morgan fingerprint density at radius 3 is 1.75 bits per heavy atom. The van der Waals surface area contributed by atoms with Gasteiger partial charge in [-0.25, -0.2) is 9.59 Å². The molecule has 1 aromatic rings. The maximum absolute atomic E-state index is 10.8. The second-order valence-corrected chi connectivity index (χ2v) is 3.44. The summed E-state index contributed by atoms with van der Waals surface area (Å²) >= 11 is 0. The van der Waals surface area contributed by atoms with E-state index in [0.29, 0.717) is 0 Å². The molecule has 0 aromatic heterocycles. The molecule has 0 aliphatic heterocycles. The number of methoxy groups -OCH3 is 1. The number of hydrogen-bond acceptors (Lipinski definition) is 5. The first-order chi connectivity index (χ1) is 9.56. The Bertz CT molecular complexity index is 405. The van der Waals surface area contributed by atoms with E-state index < -0.39 is 11.9 Å². The van der Waals surface area contributed by atoms with Crippen molar-refractivity contribution in [2.75, 3.05) is 20.3 Å². The summed E-state index contributed by atoms with van der Waals surface area (Å²) in [7, 11) is 1.66. The van der Waals surface area contributed by atoms with Gasteiger partial charge in [0.05, 0.1) is 20.3 Å². The predicted octanol–water partition coefficient (Wildman–Crippen LogP) is 2.36. The van der Waals surface area contributed by atoms with Crippen LogP contribution in [0.2, 0.25) is 0 Å². The van der Waals surface area contributed by atoms with Crippen LogP contribution in [0.4, 0.5) is 0 Å². The van der Waals surface area contributed by atoms with E-state index in [1.807, 2.05) is 30.3 Å². The number of para-hydroxylation sites is 1. The summed E-state index contributed by atoms with van der Waals surface area (Å²) in [4.78, 5) is 21.7. The Hall–Kier alpha value is -2.30. The van der Waals surface area contributed by atoms with Gasteiger partial charge in [0.25, 0.3) is 0 Å². The van der Waals surface area contributed by atoms with E-state index in [2.05, 4.69) is 16.1 Å². The zero-order chi connectivity index (χ0) is 15.4. The Balaban J connectivity index is 0.000000388. The SMILES string of the molecule is C=C(C(=O)OCC)C(=O)OCC.COc1ccccc1. The zero-order valence-corrected chi connectivity index (χ0v) is 12.0. The lowest BCUT2D eigenvalue weighted by Crippen LogP contribution is -2.17. The number of benzene rings is 1. The summed E-state index contributed by atoms with van der Waals surface area (Å²) in [5.74, 6) is -0.542. The molecule has 0 saturated carbocycles. The van der Waals surface area contributed by atoms with Crippen LogP contribution in [0.3, 0.4) is 0 Å². The van der Waals surface area contributed by atoms with Gasteiger partial charge in [0, 0.05) is 0 Å². The third-order valence-electron chi connectivity index (χ3n) is 2.02. The van der Waals surface area contributed by atoms with E-state index >= 15 is 0 Å². The first-order valence-electron chi connectivity index (χ1n) is 6.18. The van der Waals surface area contributed by atoms with Gasteiger partial charge in [-0.1, -0.05) is 24.8 Å². The molecule has 20 heavy (non-hydrogen) atoms. The topological polar surface area (TPSA) is 61.8 Å². The molecular weight excluding hydrogens is 260 g/mol. The molecule has 0 fully saturated rings. The molecule has 0 aliphatic rings. The smallest absolute Gasteiger partial charge is 0.344 e. The van der Waals surface area contributed by atoms with Crippen molar-refractivity contribution in [3.8, 4) is 5.75 Å². The molecule has 0 N–H and O–H groups in total. The summed E-state index contributed by atoms with van der Waals surface area (Å²) in [6.45, 7) is 6.98. The van der Waals surface area contributed by atoms with Gasteiger partial charge in [-0.05, 0) is 26.0 Å². The highest BCUT2D eigenvalue weighted by Crippen LogP contribution is 2.05. The van der Waals surface area contributed by atoms with E-state index in [1.165, 1.54) is 0 Å². The maximum atomic E-state index is 10.8. The van der Waals surface area contributed by atoms with E-state index in [9.17, 15) is 9.59 Å². The summed E-state index contributed by atoms with van der Waals surface area (Å²) in [6, 6.07) is 9.68. The fourth-order valence-electron chi connectivity index (χ4n) is 1.08. The highest BCUT2D eigenvalue weighted by Gasteiger charge is 2.17. The Kier molecular flexibility index (Phi) is 9.39. The highest BCUT2D eigenvalue weighted by molar-refractivity contribution is 6.13. The highest BCUT2D eigenvalue weighted by atomic mass is 16.6. The number of rotatable bonds is 5. The lowest BCUT2D eigenvalue weighted by molar-refractivity contribution is -0.146. The fraction of sp³-hybridized carbons (Fsp3) is 0.333. The quantitative estimate of drug-likeness (QED) is 0.358. The minimum Gasteiger partial charge on any atom is -0.497 e. The molecule has 0 heterocycles. The standard InChI is InChI=1S/C8H12O4.C7H8O/c1-4-11-7(9)6(3)8(10)12-5-2;1-8-7-5-3-2-4-6-7/h3-5H2,1-2H3;2-6H,1H3. The second-order valence-electron chi connectivity index (χ2n) is 3.44. The van der Waals surface area contributed by atoms with Crippen molar-refractivity contribution in [2.24, 2.45) is 0 Å². The molecule has 0 amide bonds. The van der Waals surface area contributed by atoms with Gasteiger partial charge in [0.2, 0.25) is 0 Å². The first kappa shape index (κ1) is 17.7. The molecule has 1 rings (SSSR count). The van der Waals surface area contributed by atoms with Crippen LogP contribution in [0.15, 0.2) is 42.5 Å². The van der Waals surface area contributed by atoms with Crippen LogP contribution in [0, 0.1) is 0 Å². The lowest BCUT2D eigenvalue weighted by Gasteiger charge is -2.03. The van der Waals surface area contributed by atoms with Crippen LogP contribution in [0.5, 0.6) is 5.75 Å². The van der Waals surface area contributed by atoms with Gasteiger partial charge in [-0.15, -0.1) is 0 Å². The third kappa shape index (κ3) is 7.20. The summed E-state index contributed by atoms with van der Waals surface area (Å²) in [5, 5.41) is 0. The molecule has 0 spiro atoms. The van der Waals surface area contributed by atoms with Crippen molar-refractivity contribution in [2.45, 2.75) is 13.8 Å². The third-order valence-corrected chi connectivity index (χ3v) is 2.02. The summed E-state index contributed by atoms with van der Waals surface area (Å²) in [5.41, 5.74) is -0.265. The van der Waals surface area contributed by atoms with Gasteiger partial charge in [-0.2, -0.15) is 0 Å². The van der Waals surface area contributed by atoms with E-state index in [4.69, 9.17) is 4.74 Å². The van der Waals surface area contributed by atoms with Gasteiger partial charge < -0.3 is 14.2 Å². The van der Waals surface area contributed by atoms with Crippen LogP contribution >= 0.6 is 0 Å². The van der Waals surface area contributed by atoms with Crippen LogP contribution in [0.25, 0.3) is 0 Å². The summed E-state index contributed by atoms with van der Waals surface area (Å²) < 4.78 is 14.0. The number of ether oxygens (including phenoxy) is 3. The molecule has 0 saturated heterocycles. The molecule has 0 aliphatic carbocycles. The number of carbonyl (C=O) groups is 2. The first-order valence-corrected chi connectivity index (χ1v) is 6.18. The van der Waals surface area contributed by atoms with Crippen molar-refractivity contribution < 1.29 is 23.8 Å². The van der Waals surface area contributed by atoms with E-state index in [0.717, 1.165) is 5.75 Å². The summed E-state index contributed by atoms with van der Waals surface area (Å²) in [6.07, 6.45) is 0. The predicted molar refractivity (Wildman–Crippen MR) is 75.4 cm³/mol. The molecule has 1 aromatic carbocycles. The second kappa shape index (κ2) is 10.6. The van der Waals surface area contributed by atoms with Gasteiger partial charge >= 0.3 is 11.9 Å². The van der Waals surface area contributed by atoms with Crippen LogP contribution < -0.4 is 4.74 Å². The minimum atomic E-state index is -0.726. The van der Waals surface area contributed by atoms with Crippen molar-refractivity contribution in [3.63, 3.8) is 0 Å². The Labute approximate surface area is 119 Å². The molecule has 5 heteroatoms. The average molecular weight is 280 g/mol. The normalized spacial score (nSPS) is 8.75. The lowest BCUT2D eigenvalue weighted by atomic mass is 10.3. The van der Waals surface area contributed by atoms with E-state index in [1.54, 1.807) is 21.0 Å². The van der Waals surface area contributed by atoms with Crippen LogP contribution in [0.1, 0.15) is 13.8 Å². The van der Waals surface area contributed by atoms with Crippen LogP contribution in [-0.2, 0) is 19.1 Å². The maximum Gasteiger partial charge on any atom is 0.344 e. The van der Waals surface area contributed by atoms with Crippen molar-refractivity contribution in [3.05, 3.63) is 42.5 Å². The van der Waals surface area contributed by atoms with Gasteiger partial charge in [0.15, 0.2) is 0 Å². The van der Waals surface area contributed by atoms with Crippen molar-refractivity contribution >= 4 is 11.9 Å². The van der Waals surface area contributed by atoms with Crippen molar-refractivity contribution in [1.82, 2.24) is 0 Å². The van der Waals surface area contributed by atoms with Crippen molar-refractivity contribution in [1.29, 1.82) is 0 Å². The van der Waals surface area contributed by atoms with Crippen LogP contribution in [-0.4, -0.2) is 32.3 Å². The molecule has 0 atom stereocenters.